The third-order valence-corrected chi connectivity index (χ3v) is 13.0. The van der Waals surface area contributed by atoms with Crippen LogP contribution in [-0.4, -0.2) is 0 Å². The van der Waals surface area contributed by atoms with E-state index in [0.717, 1.165) is 77.6 Å². The van der Waals surface area contributed by atoms with Gasteiger partial charge in [-0.25, -0.2) is 8.78 Å². The van der Waals surface area contributed by atoms with Gasteiger partial charge in [-0.05, 0) is 167 Å². The van der Waals surface area contributed by atoms with Crippen molar-refractivity contribution in [3.05, 3.63) is 191 Å². The minimum atomic E-state index is -0.270. The molecule has 0 saturated heterocycles. The standard InChI is InChI=1S/C58H50F2N2/c1-33(2)49-31-53(61(43-21-17-41(59)18-22-43)57-37(7)11-15-39-13-9-35(5)29-51(39)57)47-28-26-46-50(34(3)4)32-54(48-27-25-45(49)55(47)56(46)48)62(44-23-19-42(60)20-24-44)58-38(8)12-16-40-14-10-36(6)30-52(40)58/h9-34H,1-8H3. The molecule has 0 N–H and O–H groups in total. The predicted molar refractivity (Wildman–Crippen MR) is 262 cm³/mol. The van der Waals surface area contributed by atoms with Crippen molar-refractivity contribution >= 4 is 88.0 Å². The lowest BCUT2D eigenvalue weighted by molar-refractivity contribution is 0.627. The molecule has 0 radical (unpaired) electrons. The lowest BCUT2D eigenvalue weighted by Gasteiger charge is -2.33. The molecule has 4 heteroatoms. The van der Waals surface area contributed by atoms with Gasteiger partial charge in [0.25, 0.3) is 0 Å². The lowest BCUT2D eigenvalue weighted by atomic mass is 9.83. The molecule has 0 spiro atoms. The van der Waals surface area contributed by atoms with E-state index in [1.165, 1.54) is 43.8 Å². The molecule has 0 aliphatic carbocycles. The number of benzene rings is 10. The van der Waals surface area contributed by atoms with Gasteiger partial charge >= 0.3 is 0 Å². The van der Waals surface area contributed by atoms with Gasteiger partial charge in [0.05, 0.1) is 22.7 Å². The second-order valence-corrected chi connectivity index (χ2v) is 17.9. The molecule has 10 aromatic rings. The first kappa shape index (κ1) is 39.4. The minimum Gasteiger partial charge on any atom is -0.309 e. The molecule has 0 fully saturated rings. The summed E-state index contributed by atoms with van der Waals surface area (Å²) in [5.74, 6) is -0.141. The van der Waals surface area contributed by atoms with Gasteiger partial charge in [-0.15, -0.1) is 0 Å². The van der Waals surface area contributed by atoms with E-state index in [0.29, 0.717) is 0 Å². The zero-order valence-electron chi connectivity index (χ0n) is 36.7. The van der Waals surface area contributed by atoms with E-state index >= 15 is 0 Å². The molecule has 0 heterocycles. The van der Waals surface area contributed by atoms with Crippen LogP contribution in [0.4, 0.5) is 42.9 Å². The van der Waals surface area contributed by atoms with E-state index in [2.05, 4.69) is 162 Å². The molecule has 62 heavy (non-hydrogen) atoms. The molecule has 2 nitrogen and oxygen atoms in total. The van der Waals surface area contributed by atoms with E-state index in [1.54, 1.807) is 24.3 Å². The van der Waals surface area contributed by atoms with Gasteiger partial charge in [-0.1, -0.05) is 112 Å². The second kappa shape index (κ2) is 15.0. The largest absolute Gasteiger partial charge is 0.309 e. The summed E-state index contributed by atoms with van der Waals surface area (Å²) in [6.45, 7) is 17.7. The SMILES string of the molecule is Cc1ccc2ccc(C)c(N(c3ccc(F)cc3)c3cc(C(C)C)c4ccc5c(N(c6ccc(F)cc6)c6c(C)ccc7ccc(C)cc67)cc(C(C)C)c6ccc3c4c65)c2c1. The highest BCUT2D eigenvalue weighted by molar-refractivity contribution is 6.30. The van der Waals surface area contributed by atoms with Crippen LogP contribution in [0.5, 0.6) is 0 Å². The molecule has 10 aromatic carbocycles. The summed E-state index contributed by atoms with van der Waals surface area (Å²) in [7, 11) is 0. The van der Waals surface area contributed by atoms with Crippen LogP contribution in [0, 0.1) is 39.3 Å². The Morgan fingerprint density at radius 3 is 1.10 bits per heavy atom. The van der Waals surface area contributed by atoms with Gasteiger partial charge in [0, 0.05) is 32.9 Å². The first-order valence-electron chi connectivity index (χ1n) is 21.8. The number of hydrogen-bond acceptors (Lipinski definition) is 2. The van der Waals surface area contributed by atoms with Gasteiger partial charge in [0.15, 0.2) is 0 Å². The summed E-state index contributed by atoms with van der Waals surface area (Å²) < 4.78 is 29.6. The minimum absolute atomic E-state index is 0.200. The highest BCUT2D eigenvalue weighted by Crippen LogP contribution is 2.53. The molecule has 0 saturated carbocycles. The van der Waals surface area contributed by atoms with Crippen molar-refractivity contribution in [2.75, 3.05) is 9.80 Å². The first-order valence-corrected chi connectivity index (χ1v) is 21.8. The molecule has 0 atom stereocenters. The average Bonchev–Trinajstić information content (AvgIpc) is 3.25. The summed E-state index contributed by atoms with van der Waals surface area (Å²) in [5, 5.41) is 11.7. The highest BCUT2D eigenvalue weighted by Gasteiger charge is 2.28. The zero-order chi connectivity index (χ0) is 43.1. The molecule has 0 aliphatic heterocycles. The van der Waals surface area contributed by atoms with Gasteiger partial charge in [-0.3, -0.25) is 0 Å². The van der Waals surface area contributed by atoms with Crippen molar-refractivity contribution in [2.45, 2.75) is 67.2 Å². The number of fused-ring (bicyclic) bond motifs is 2. The van der Waals surface area contributed by atoms with Crippen LogP contribution in [0.2, 0.25) is 0 Å². The van der Waals surface area contributed by atoms with Gasteiger partial charge in [0.1, 0.15) is 11.6 Å². The molecular formula is C58H50F2N2. The number of anilines is 6. The van der Waals surface area contributed by atoms with E-state index in [4.69, 9.17) is 0 Å². The van der Waals surface area contributed by atoms with Crippen LogP contribution >= 0.6 is 0 Å². The Morgan fingerprint density at radius 2 is 0.726 bits per heavy atom. The third-order valence-electron chi connectivity index (χ3n) is 13.0. The first-order chi connectivity index (χ1) is 29.9. The zero-order valence-corrected chi connectivity index (χ0v) is 36.7. The molecule has 0 amide bonds. The topological polar surface area (TPSA) is 6.48 Å². The summed E-state index contributed by atoms with van der Waals surface area (Å²) in [4.78, 5) is 4.73. The fourth-order valence-corrected chi connectivity index (χ4v) is 9.94. The van der Waals surface area contributed by atoms with Crippen LogP contribution in [0.25, 0.3) is 53.9 Å². The van der Waals surface area contributed by atoms with Gasteiger partial charge in [-0.2, -0.15) is 0 Å². The number of aryl methyl sites for hydroxylation is 4. The Kier molecular flexibility index (Phi) is 9.52. The van der Waals surface area contributed by atoms with Crippen LogP contribution < -0.4 is 9.80 Å². The Bertz CT molecular complexity index is 3130. The summed E-state index contributed by atoms with van der Waals surface area (Å²) in [6.07, 6.45) is 0. The summed E-state index contributed by atoms with van der Waals surface area (Å²) >= 11 is 0. The predicted octanol–water partition coefficient (Wildman–Crippen LogP) is 17.6. The Hall–Kier alpha value is -6.78. The maximum absolute atomic E-state index is 14.8. The van der Waals surface area contributed by atoms with E-state index in [9.17, 15) is 8.78 Å². The Labute approximate surface area is 363 Å². The van der Waals surface area contributed by atoms with Crippen LogP contribution in [0.3, 0.4) is 0 Å². The smallest absolute Gasteiger partial charge is 0.123 e. The van der Waals surface area contributed by atoms with E-state index in [1.807, 2.05) is 24.3 Å². The fraction of sp³-hybridized carbons (Fsp3) is 0.172. The number of nitrogens with zero attached hydrogens (tertiary/aromatic N) is 2. The fourth-order valence-electron chi connectivity index (χ4n) is 9.94. The molecule has 306 valence electrons. The lowest BCUT2D eigenvalue weighted by Crippen LogP contribution is -2.15. The van der Waals surface area contributed by atoms with Crippen molar-refractivity contribution in [1.29, 1.82) is 0 Å². The Morgan fingerprint density at radius 1 is 0.371 bits per heavy atom. The van der Waals surface area contributed by atoms with Gasteiger partial charge < -0.3 is 9.80 Å². The number of halogens is 2. The molecular weight excluding hydrogens is 763 g/mol. The quantitative estimate of drug-likeness (QED) is 0.141. The third kappa shape index (κ3) is 6.35. The van der Waals surface area contributed by atoms with Crippen molar-refractivity contribution in [3.63, 3.8) is 0 Å². The number of rotatable bonds is 8. The monoisotopic (exact) mass is 812 g/mol. The Balaban J connectivity index is 1.37. The molecule has 0 aromatic heterocycles. The maximum atomic E-state index is 14.8. The van der Waals surface area contributed by atoms with Crippen molar-refractivity contribution in [1.82, 2.24) is 0 Å². The van der Waals surface area contributed by atoms with Crippen molar-refractivity contribution in [3.8, 4) is 0 Å². The normalized spacial score (nSPS) is 12.0. The van der Waals surface area contributed by atoms with Crippen molar-refractivity contribution < 1.29 is 8.78 Å². The van der Waals surface area contributed by atoms with Crippen LogP contribution in [0.15, 0.2) is 146 Å². The molecule has 0 unspecified atom stereocenters. The molecule has 0 bridgehead atoms. The van der Waals surface area contributed by atoms with Crippen LogP contribution in [0.1, 0.15) is 72.9 Å². The highest BCUT2D eigenvalue weighted by atomic mass is 19.1. The summed E-state index contributed by atoms with van der Waals surface area (Å²) in [6, 6.07) is 49.9. The average molecular weight is 813 g/mol. The van der Waals surface area contributed by atoms with Gasteiger partial charge in [0.2, 0.25) is 0 Å². The number of hydrogen-bond donors (Lipinski definition) is 0. The van der Waals surface area contributed by atoms with E-state index in [-0.39, 0.29) is 23.5 Å². The molecule has 10 rings (SSSR count). The van der Waals surface area contributed by atoms with Crippen LogP contribution in [-0.2, 0) is 0 Å². The van der Waals surface area contributed by atoms with E-state index < -0.39 is 0 Å². The second-order valence-electron chi connectivity index (χ2n) is 17.9. The summed E-state index contributed by atoms with van der Waals surface area (Å²) in [5.41, 5.74) is 13.1. The maximum Gasteiger partial charge on any atom is 0.123 e. The van der Waals surface area contributed by atoms with Crippen molar-refractivity contribution in [2.24, 2.45) is 0 Å². The molecule has 0 aliphatic rings.